The van der Waals surface area contributed by atoms with Crippen molar-refractivity contribution in [3.8, 4) is 0 Å². The maximum Gasteiger partial charge on any atom is 0.0833 e. The van der Waals surface area contributed by atoms with Gasteiger partial charge in [0, 0.05) is 0 Å². The predicted molar refractivity (Wildman–Crippen MR) is 37.1 cm³/mol. The molecule has 2 atom stereocenters. The second-order valence-electron chi connectivity index (χ2n) is 2.07. The predicted octanol–water partition coefficient (Wildman–Crippen LogP) is 0.694. The monoisotopic (exact) mass is 130 g/mol. The highest BCUT2D eigenvalue weighted by molar-refractivity contribution is 4.76. The summed E-state index contributed by atoms with van der Waals surface area (Å²) in [5.74, 6) is 0. The van der Waals surface area contributed by atoms with E-state index in [9.17, 15) is 0 Å². The van der Waals surface area contributed by atoms with Crippen LogP contribution in [0.2, 0.25) is 0 Å². The Hall–Kier alpha value is -0.340. The van der Waals surface area contributed by atoms with Crippen LogP contribution in [0.4, 0.5) is 0 Å². The summed E-state index contributed by atoms with van der Waals surface area (Å²) in [4.78, 5) is 0. The molecule has 0 bridgehead atoms. The van der Waals surface area contributed by atoms with Crippen molar-refractivity contribution in [2.75, 3.05) is 0 Å². The molecule has 0 radical (unpaired) electrons. The zero-order chi connectivity index (χ0) is 7.28. The number of hydrogen-bond donors (Lipinski definition) is 2. The SMILES string of the molecule is C=CC[C@H](O)[C@H](O)CC. The Morgan fingerprint density at radius 2 is 2.00 bits per heavy atom. The van der Waals surface area contributed by atoms with E-state index in [-0.39, 0.29) is 0 Å². The van der Waals surface area contributed by atoms with Crippen molar-refractivity contribution in [2.45, 2.75) is 32.0 Å². The van der Waals surface area contributed by atoms with Crippen LogP contribution in [-0.4, -0.2) is 22.4 Å². The fourth-order valence-electron chi connectivity index (χ4n) is 0.600. The van der Waals surface area contributed by atoms with Gasteiger partial charge in [-0.3, -0.25) is 0 Å². The van der Waals surface area contributed by atoms with Crippen LogP contribution in [0.15, 0.2) is 12.7 Å². The smallest absolute Gasteiger partial charge is 0.0833 e. The Labute approximate surface area is 55.8 Å². The first kappa shape index (κ1) is 8.66. The summed E-state index contributed by atoms with van der Waals surface area (Å²) in [6.45, 7) is 5.28. The molecule has 2 nitrogen and oxygen atoms in total. The zero-order valence-corrected chi connectivity index (χ0v) is 5.75. The summed E-state index contributed by atoms with van der Waals surface area (Å²) in [6.07, 6.45) is 1.43. The Kier molecular flexibility index (Phi) is 4.36. The summed E-state index contributed by atoms with van der Waals surface area (Å²) in [5, 5.41) is 18.0. The summed E-state index contributed by atoms with van der Waals surface area (Å²) in [7, 11) is 0. The Balaban J connectivity index is 3.44. The van der Waals surface area contributed by atoms with E-state index in [1.807, 2.05) is 6.92 Å². The first-order chi connectivity index (χ1) is 4.22. The van der Waals surface area contributed by atoms with Gasteiger partial charge in [-0.05, 0) is 12.8 Å². The second-order valence-corrected chi connectivity index (χ2v) is 2.07. The maximum absolute atomic E-state index is 9.00. The average molecular weight is 130 g/mol. The molecule has 0 aromatic carbocycles. The molecule has 0 aromatic heterocycles. The lowest BCUT2D eigenvalue weighted by Crippen LogP contribution is -2.23. The van der Waals surface area contributed by atoms with Crippen molar-refractivity contribution >= 4 is 0 Å². The van der Waals surface area contributed by atoms with Gasteiger partial charge < -0.3 is 10.2 Å². The van der Waals surface area contributed by atoms with Crippen LogP contribution < -0.4 is 0 Å². The highest BCUT2D eigenvalue weighted by Gasteiger charge is 2.10. The Bertz CT molecular complexity index is 81.0. The molecule has 9 heavy (non-hydrogen) atoms. The third-order valence-corrected chi connectivity index (χ3v) is 1.27. The lowest BCUT2D eigenvalue weighted by molar-refractivity contribution is 0.0198. The van der Waals surface area contributed by atoms with E-state index < -0.39 is 12.2 Å². The van der Waals surface area contributed by atoms with Crippen molar-refractivity contribution in [1.82, 2.24) is 0 Å². The Morgan fingerprint density at radius 1 is 1.44 bits per heavy atom. The minimum absolute atomic E-state index is 0.467. The minimum atomic E-state index is -0.632. The standard InChI is InChI=1S/C7H14O2/c1-3-5-7(9)6(8)4-2/h3,6-9H,1,4-5H2,2H3/t6-,7+/m1/s1. The van der Waals surface area contributed by atoms with Gasteiger partial charge in [0.15, 0.2) is 0 Å². The van der Waals surface area contributed by atoms with Gasteiger partial charge in [-0.25, -0.2) is 0 Å². The zero-order valence-electron chi connectivity index (χ0n) is 5.75. The van der Waals surface area contributed by atoms with Gasteiger partial charge in [0.25, 0.3) is 0 Å². The number of rotatable bonds is 4. The van der Waals surface area contributed by atoms with Crippen molar-refractivity contribution in [2.24, 2.45) is 0 Å². The molecule has 54 valence electrons. The summed E-state index contributed by atoms with van der Waals surface area (Å²) < 4.78 is 0. The van der Waals surface area contributed by atoms with Crippen LogP contribution in [0, 0.1) is 0 Å². The molecule has 0 aliphatic carbocycles. The molecule has 0 unspecified atom stereocenters. The molecule has 0 aromatic rings. The summed E-state index contributed by atoms with van der Waals surface area (Å²) >= 11 is 0. The number of aliphatic hydroxyl groups excluding tert-OH is 2. The highest BCUT2D eigenvalue weighted by atomic mass is 16.3. The van der Waals surface area contributed by atoms with E-state index in [1.54, 1.807) is 6.08 Å². The maximum atomic E-state index is 9.00. The molecule has 0 aliphatic heterocycles. The summed E-state index contributed by atoms with van der Waals surface area (Å²) in [5.41, 5.74) is 0. The van der Waals surface area contributed by atoms with E-state index in [2.05, 4.69) is 6.58 Å². The molecule has 0 heterocycles. The topological polar surface area (TPSA) is 40.5 Å². The fraction of sp³-hybridized carbons (Fsp3) is 0.714. The highest BCUT2D eigenvalue weighted by Crippen LogP contribution is 2.01. The first-order valence-corrected chi connectivity index (χ1v) is 3.19. The minimum Gasteiger partial charge on any atom is -0.390 e. The Morgan fingerprint density at radius 3 is 2.33 bits per heavy atom. The van der Waals surface area contributed by atoms with Crippen LogP contribution in [-0.2, 0) is 0 Å². The van der Waals surface area contributed by atoms with Crippen molar-refractivity contribution in [3.63, 3.8) is 0 Å². The quantitative estimate of drug-likeness (QED) is 0.550. The fourth-order valence-corrected chi connectivity index (χ4v) is 0.600. The van der Waals surface area contributed by atoms with Gasteiger partial charge in [0.05, 0.1) is 12.2 Å². The molecular formula is C7H14O2. The molecule has 0 saturated heterocycles. The van der Waals surface area contributed by atoms with Gasteiger partial charge in [-0.2, -0.15) is 0 Å². The van der Waals surface area contributed by atoms with E-state index in [4.69, 9.17) is 10.2 Å². The normalized spacial score (nSPS) is 16.8. The lowest BCUT2D eigenvalue weighted by Gasteiger charge is -2.12. The third kappa shape index (κ3) is 3.27. The van der Waals surface area contributed by atoms with Crippen LogP contribution in [0.1, 0.15) is 19.8 Å². The van der Waals surface area contributed by atoms with Crippen LogP contribution in [0.3, 0.4) is 0 Å². The van der Waals surface area contributed by atoms with Crippen molar-refractivity contribution < 1.29 is 10.2 Å². The molecule has 2 heteroatoms. The van der Waals surface area contributed by atoms with E-state index in [0.29, 0.717) is 12.8 Å². The first-order valence-electron chi connectivity index (χ1n) is 3.19. The van der Waals surface area contributed by atoms with Crippen LogP contribution >= 0.6 is 0 Å². The molecule has 0 spiro atoms. The third-order valence-electron chi connectivity index (χ3n) is 1.27. The number of aliphatic hydroxyl groups is 2. The van der Waals surface area contributed by atoms with Gasteiger partial charge in [0.1, 0.15) is 0 Å². The van der Waals surface area contributed by atoms with E-state index in [1.165, 1.54) is 0 Å². The summed E-state index contributed by atoms with van der Waals surface area (Å²) in [6, 6.07) is 0. The molecule has 0 amide bonds. The van der Waals surface area contributed by atoms with Crippen LogP contribution in [0.5, 0.6) is 0 Å². The number of hydrogen-bond acceptors (Lipinski definition) is 2. The molecule has 0 fully saturated rings. The van der Waals surface area contributed by atoms with E-state index >= 15 is 0 Å². The average Bonchev–Trinajstić information content (AvgIpc) is 1.87. The van der Waals surface area contributed by atoms with Gasteiger partial charge in [0.2, 0.25) is 0 Å². The van der Waals surface area contributed by atoms with Gasteiger partial charge in [-0.1, -0.05) is 13.0 Å². The second kappa shape index (κ2) is 4.53. The van der Waals surface area contributed by atoms with Gasteiger partial charge in [-0.15, -0.1) is 6.58 Å². The van der Waals surface area contributed by atoms with Gasteiger partial charge >= 0.3 is 0 Å². The molecule has 2 N–H and O–H groups in total. The lowest BCUT2D eigenvalue weighted by atomic mass is 10.1. The van der Waals surface area contributed by atoms with Crippen LogP contribution in [0.25, 0.3) is 0 Å². The molecular weight excluding hydrogens is 116 g/mol. The van der Waals surface area contributed by atoms with E-state index in [0.717, 1.165) is 0 Å². The molecule has 0 saturated carbocycles. The largest absolute Gasteiger partial charge is 0.390 e. The molecule has 0 rings (SSSR count). The van der Waals surface area contributed by atoms with Crippen molar-refractivity contribution in [1.29, 1.82) is 0 Å². The molecule has 0 aliphatic rings. The van der Waals surface area contributed by atoms with Crippen molar-refractivity contribution in [3.05, 3.63) is 12.7 Å².